The Morgan fingerprint density at radius 1 is 1.29 bits per heavy atom. The second-order valence-corrected chi connectivity index (χ2v) is 6.75. The average Bonchev–Trinajstić information content (AvgIpc) is 3.08. The molecule has 128 valence electrons. The van der Waals surface area contributed by atoms with Gasteiger partial charge in [-0.25, -0.2) is 0 Å². The van der Waals surface area contributed by atoms with Crippen molar-refractivity contribution in [2.24, 2.45) is 5.92 Å². The van der Waals surface area contributed by atoms with Crippen LogP contribution < -0.4 is 0 Å². The maximum atomic E-state index is 12.8. The summed E-state index contributed by atoms with van der Waals surface area (Å²) in [6.45, 7) is 5.27. The molecule has 1 aromatic heterocycles. The first kappa shape index (κ1) is 16.5. The van der Waals surface area contributed by atoms with Gasteiger partial charge >= 0.3 is 0 Å². The Morgan fingerprint density at radius 3 is 2.67 bits per heavy atom. The first-order valence-electron chi connectivity index (χ1n) is 8.47. The van der Waals surface area contributed by atoms with Crippen LogP contribution >= 0.6 is 0 Å². The second kappa shape index (κ2) is 6.63. The number of aromatic amines is 1. The van der Waals surface area contributed by atoms with Gasteiger partial charge in [-0.2, -0.15) is 5.10 Å². The zero-order chi connectivity index (χ0) is 17.3. The van der Waals surface area contributed by atoms with Gasteiger partial charge in [0.25, 0.3) is 5.91 Å². The molecule has 2 heterocycles. The molecule has 1 fully saturated rings. The number of aromatic nitrogens is 2. The van der Waals surface area contributed by atoms with Crippen LogP contribution in [0.25, 0.3) is 10.9 Å². The van der Waals surface area contributed by atoms with E-state index in [4.69, 9.17) is 0 Å². The number of carbonyl (C=O) groups excluding carboxylic acids is 2. The van der Waals surface area contributed by atoms with Gasteiger partial charge in [-0.3, -0.25) is 14.7 Å². The Balaban J connectivity index is 1.68. The highest BCUT2D eigenvalue weighted by molar-refractivity contribution is 6.06. The molecule has 6 nitrogen and oxygen atoms in total. The summed E-state index contributed by atoms with van der Waals surface area (Å²) in [4.78, 5) is 28.9. The maximum Gasteiger partial charge on any atom is 0.254 e. The smallest absolute Gasteiger partial charge is 0.254 e. The van der Waals surface area contributed by atoms with Crippen molar-refractivity contribution in [1.82, 2.24) is 20.0 Å². The normalized spacial score (nSPS) is 15.9. The standard InChI is InChI=1S/C18H24N4O2/c1-12(2)21(3)17(23)13-7-9-22(10-8-13)18(24)14-5-4-6-16-15(14)11-19-20-16/h4-6,11-13H,7-10H2,1-3H3,(H,19,20). The van der Waals surface area contributed by atoms with Gasteiger partial charge in [-0.05, 0) is 38.8 Å². The summed E-state index contributed by atoms with van der Waals surface area (Å²) >= 11 is 0. The highest BCUT2D eigenvalue weighted by Crippen LogP contribution is 2.24. The number of carbonyl (C=O) groups is 2. The Labute approximate surface area is 141 Å². The molecule has 0 unspecified atom stereocenters. The van der Waals surface area contributed by atoms with Crippen LogP contribution in [0.1, 0.15) is 37.0 Å². The molecule has 1 saturated heterocycles. The van der Waals surface area contributed by atoms with Crippen molar-refractivity contribution in [1.29, 1.82) is 0 Å². The maximum absolute atomic E-state index is 12.8. The molecule has 0 spiro atoms. The van der Waals surface area contributed by atoms with Crippen LogP contribution in [0.5, 0.6) is 0 Å². The van der Waals surface area contributed by atoms with E-state index in [9.17, 15) is 9.59 Å². The number of rotatable bonds is 3. The fourth-order valence-electron chi connectivity index (χ4n) is 3.20. The van der Waals surface area contributed by atoms with Crippen molar-refractivity contribution >= 4 is 22.7 Å². The lowest BCUT2D eigenvalue weighted by molar-refractivity contribution is -0.137. The molecule has 1 aromatic carbocycles. The van der Waals surface area contributed by atoms with Crippen molar-refractivity contribution < 1.29 is 9.59 Å². The average molecular weight is 328 g/mol. The number of hydrogen-bond acceptors (Lipinski definition) is 3. The van der Waals surface area contributed by atoms with E-state index in [0.717, 1.165) is 23.7 Å². The quantitative estimate of drug-likeness (QED) is 0.940. The van der Waals surface area contributed by atoms with E-state index in [-0.39, 0.29) is 23.8 Å². The molecule has 0 saturated carbocycles. The molecule has 1 N–H and O–H groups in total. The number of amides is 2. The molecule has 2 amide bonds. The minimum atomic E-state index is 0.0186. The molecule has 6 heteroatoms. The molecule has 0 bridgehead atoms. The van der Waals surface area contributed by atoms with Crippen LogP contribution in [0, 0.1) is 5.92 Å². The van der Waals surface area contributed by atoms with Crippen LogP contribution in [0.15, 0.2) is 24.4 Å². The fraction of sp³-hybridized carbons (Fsp3) is 0.500. The Morgan fingerprint density at radius 2 is 2.00 bits per heavy atom. The third-order valence-electron chi connectivity index (χ3n) is 4.97. The van der Waals surface area contributed by atoms with Crippen molar-refractivity contribution in [3.05, 3.63) is 30.0 Å². The molecule has 0 radical (unpaired) electrons. The van der Waals surface area contributed by atoms with Crippen molar-refractivity contribution in [2.45, 2.75) is 32.7 Å². The number of nitrogens with one attached hydrogen (secondary N) is 1. The molecular weight excluding hydrogens is 304 g/mol. The van der Waals surface area contributed by atoms with E-state index in [1.807, 2.05) is 44.0 Å². The molecule has 1 aliphatic heterocycles. The van der Waals surface area contributed by atoms with E-state index < -0.39 is 0 Å². The number of nitrogens with zero attached hydrogens (tertiary/aromatic N) is 3. The van der Waals surface area contributed by atoms with Gasteiger partial charge in [-0.15, -0.1) is 0 Å². The minimum Gasteiger partial charge on any atom is -0.343 e. The number of likely N-dealkylation sites (tertiary alicyclic amines) is 1. The predicted octanol–water partition coefficient (Wildman–Crippen LogP) is 2.28. The van der Waals surface area contributed by atoms with Gasteiger partial charge in [0, 0.05) is 37.5 Å². The van der Waals surface area contributed by atoms with Gasteiger partial charge in [0.1, 0.15) is 0 Å². The van der Waals surface area contributed by atoms with E-state index in [1.165, 1.54) is 0 Å². The van der Waals surface area contributed by atoms with Crippen molar-refractivity contribution in [3.8, 4) is 0 Å². The SMILES string of the molecule is CC(C)N(C)C(=O)C1CCN(C(=O)c2cccc3[nH]ncc23)CC1. The Kier molecular flexibility index (Phi) is 4.55. The molecule has 24 heavy (non-hydrogen) atoms. The van der Waals surface area contributed by atoms with Gasteiger partial charge in [0.15, 0.2) is 0 Å². The summed E-state index contributed by atoms with van der Waals surface area (Å²) in [5, 5.41) is 7.75. The summed E-state index contributed by atoms with van der Waals surface area (Å²) in [7, 11) is 1.85. The van der Waals surface area contributed by atoms with E-state index >= 15 is 0 Å². The molecule has 0 aliphatic carbocycles. The molecule has 0 atom stereocenters. The topological polar surface area (TPSA) is 69.3 Å². The van der Waals surface area contributed by atoms with Gasteiger partial charge in [0.2, 0.25) is 5.91 Å². The zero-order valence-electron chi connectivity index (χ0n) is 14.5. The molecular formula is C18H24N4O2. The first-order chi connectivity index (χ1) is 11.5. The van der Waals surface area contributed by atoms with E-state index in [1.54, 1.807) is 11.1 Å². The lowest BCUT2D eigenvalue weighted by Crippen LogP contribution is -2.45. The summed E-state index contributed by atoms with van der Waals surface area (Å²) in [6, 6.07) is 5.81. The lowest BCUT2D eigenvalue weighted by Gasteiger charge is -2.34. The number of hydrogen-bond donors (Lipinski definition) is 1. The van der Waals surface area contributed by atoms with Crippen molar-refractivity contribution in [3.63, 3.8) is 0 Å². The third-order valence-corrected chi connectivity index (χ3v) is 4.97. The third kappa shape index (κ3) is 3.00. The van der Waals surface area contributed by atoms with Gasteiger partial charge in [-0.1, -0.05) is 6.07 Å². The minimum absolute atomic E-state index is 0.0186. The molecule has 3 rings (SSSR count). The summed E-state index contributed by atoms with van der Waals surface area (Å²) in [5.74, 6) is 0.227. The highest BCUT2D eigenvalue weighted by atomic mass is 16.2. The van der Waals surface area contributed by atoms with Crippen LogP contribution in [0.2, 0.25) is 0 Å². The molecule has 1 aliphatic rings. The molecule has 2 aromatic rings. The van der Waals surface area contributed by atoms with E-state index in [0.29, 0.717) is 18.7 Å². The fourth-order valence-corrected chi connectivity index (χ4v) is 3.20. The predicted molar refractivity (Wildman–Crippen MR) is 92.6 cm³/mol. The first-order valence-corrected chi connectivity index (χ1v) is 8.47. The highest BCUT2D eigenvalue weighted by Gasteiger charge is 2.30. The van der Waals surface area contributed by atoms with Gasteiger partial charge in [0.05, 0.1) is 17.3 Å². The summed E-state index contributed by atoms with van der Waals surface area (Å²) < 4.78 is 0. The lowest BCUT2D eigenvalue weighted by atomic mass is 9.94. The van der Waals surface area contributed by atoms with Crippen LogP contribution in [-0.2, 0) is 4.79 Å². The second-order valence-electron chi connectivity index (χ2n) is 6.75. The zero-order valence-corrected chi connectivity index (χ0v) is 14.5. The van der Waals surface area contributed by atoms with E-state index in [2.05, 4.69) is 10.2 Å². The van der Waals surface area contributed by atoms with Crippen molar-refractivity contribution in [2.75, 3.05) is 20.1 Å². The Hall–Kier alpha value is -2.37. The summed E-state index contributed by atoms with van der Waals surface area (Å²) in [6.07, 6.45) is 3.14. The Bertz CT molecular complexity index is 744. The number of piperidine rings is 1. The number of H-pyrrole nitrogens is 1. The monoisotopic (exact) mass is 328 g/mol. The largest absolute Gasteiger partial charge is 0.343 e. The van der Waals surface area contributed by atoms with Crippen LogP contribution in [-0.4, -0.2) is 58.0 Å². The van der Waals surface area contributed by atoms with Crippen LogP contribution in [0.3, 0.4) is 0 Å². The summed E-state index contributed by atoms with van der Waals surface area (Å²) in [5.41, 5.74) is 1.54. The van der Waals surface area contributed by atoms with Gasteiger partial charge < -0.3 is 9.80 Å². The van der Waals surface area contributed by atoms with Crippen LogP contribution in [0.4, 0.5) is 0 Å². The number of fused-ring (bicyclic) bond motifs is 1. The number of benzene rings is 1.